The van der Waals surface area contributed by atoms with E-state index in [2.05, 4.69) is 20.4 Å². The highest BCUT2D eigenvalue weighted by Gasteiger charge is 2.23. The van der Waals surface area contributed by atoms with Crippen LogP contribution in [0.15, 0.2) is 48.1 Å². The van der Waals surface area contributed by atoms with Crippen molar-refractivity contribution in [1.82, 2.24) is 25.1 Å². The van der Waals surface area contributed by atoms with Crippen LogP contribution in [0, 0.1) is 25.5 Å². The van der Waals surface area contributed by atoms with Gasteiger partial charge in [-0.2, -0.15) is 5.10 Å². The van der Waals surface area contributed by atoms with E-state index in [-0.39, 0.29) is 17.6 Å². The van der Waals surface area contributed by atoms with Gasteiger partial charge in [-0.3, -0.25) is 9.78 Å². The minimum Gasteiger partial charge on any atom is -0.343 e. The van der Waals surface area contributed by atoms with Crippen LogP contribution in [-0.2, 0) is 0 Å². The lowest BCUT2D eigenvalue weighted by molar-refractivity contribution is 0.0938. The van der Waals surface area contributed by atoms with Crippen molar-refractivity contribution in [2.45, 2.75) is 26.8 Å². The molecule has 4 rings (SSSR count). The lowest BCUT2D eigenvalue weighted by Crippen LogP contribution is -2.27. The molecule has 0 aliphatic rings. The number of halogens is 2. The normalized spacial score (nSPS) is 12.0. The molecule has 4 aromatic rings. The van der Waals surface area contributed by atoms with Crippen LogP contribution in [0.1, 0.15) is 39.7 Å². The average Bonchev–Trinajstić information content (AvgIpc) is 3.34. The number of rotatable bonds is 5. The van der Waals surface area contributed by atoms with Gasteiger partial charge in [0.2, 0.25) is 0 Å². The summed E-state index contributed by atoms with van der Waals surface area (Å²) in [5.74, 6) is -1.77. The quantitative estimate of drug-likeness (QED) is 0.486. The van der Waals surface area contributed by atoms with E-state index in [1.54, 1.807) is 26.2 Å². The van der Waals surface area contributed by atoms with Crippen LogP contribution < -0.4 is 5.32 Å². The Hall–Kier alpha value is -3.46. The number of benzene rings is 1. The number of pyridine rings is 1. The molecule has 0 aliphatic heterocycles. The summed E-state index contributed by atoms with van der Waals surface area (Å²) >= 11 is 1.44. The van der Waals surface area contributed by atoms with Gasteiger partial charge in [-0.25, -0.2) is 18.4 Å². The van der Waals surface area contributed by atoms with Crippen molar-refractivity contribution in [3.05, 3.63) is 81.7 Å². The highest BCUT2D eigenvalue weighted by molar-refractivity contribution is 7.10. The van der Waals surface area contributed by atoms with E-state index in [4.69, 9.17) is 0 Å². The van der Waals surface area contributed by atoms with Crippen molar-refractivity contribution >= 4 is 17.2 Å². The Kier molecular flexibility index (Phi) is 5.60. The predicted octanol–water partition coefficient (Wildman–Crippen LogP) is 4.78. The summed E-state index contributed by atoms with van der Waals surface area (Å²) < 4.78 is 28.8. The second-order valence-electron chi connectivity index (χ2n) is 7.06. The number of nitrogens with one attached hydrogen (secondary N) is 1. The summed E-state index contributed by atoms with van der Waals surface area (Å²) in [5, 5.41) is 9.89. The molecule has 0 saturated heterocycles. The maximum Gasteiger partial charge on any atom is 0.255 e. The molecule has 1 aromatic carbocycles. The highest BCUT2D eigenvalue weighted by Crippen LogP contribution is 2.26. The van der Waals surface area contributed by atoms with Gasteiger partial charge in [0.25, 0.3) is 5.91 Å². The van der Waals surface area contributed by atoms with E-state index >= 15 is 0 Å². The number of hydrogen-bond donors (Lipinski definition) is 1. The lowest BCUT2D eigenvalue weighted by atomic mass is 10.1. The summed E-state index contributed by atoms with van der Waals surface area (Å²) in [6, 6.07) is 6.66. The molecule has 158 valence electrons. The predicted molar refractivity (Wildman–Crippen MR) is 114 cm³/mol. The zero-order valence-corrected chi connectivity index (χ0v) is 17.9. The maximum absolute atomic E-state index is 14.2. The Morgan fingerprint density at radius 2 is 2.03 bits per heavy atom. The largest absolute Gasteiger partial charge is 0.343 e. The van der Waals surface area contributed by atoms with Crippen molar-refractivity contribution in [2.75, 3.05) is 0 Å². The van der Waals surface area contributed by atoms with E-state index in [9.17, 15) is 13.6 Å². The number of nitrogens with zero attached hydrogens (tertiary/aromatic N) is 4. The van der Waals surface area contributed by atoms with Crippen LogP contribution in [0.5, 0.6) is 0 Å². The lowest BCUT2D eigenvalue weighted by Gasteiger charge is -2.12. The standard InChI is InChI=1S/C22H19F2N5OS/c1-12-20(14(3)29(28-12)19-7-6-16(23)9-17(19)24)21(30)26-13(2)22-27-18(11-31-22)15-5-4-8-25-10-15/h4-11,13H,1-3H3,(H,26,30). The van der Waals surface area contributed by atoms with Gasteiger partial charge >= 0.3 is 0 Å². The first-order valence-electron chi connectivity index (χ1n) is 9.53. The van der Waals surface area contributed by atoms with Gasteiger partial charge in [0.15, 0.2) is 5.82 Å². The van der Waals surface area contributed by atoms with Gasteiger partial charge in [0.1, 0.15) is 16.5 Å². The molecule has 0 aliphatic carbocycles. The van der Waals surface area contributed by atoms with Crippen molar-refractivity contribution in [1.29, 1.82) is 0 Å². The number of carbonyl (C=O) groups excluding carboxylic acids is 1. The van der Waals surface area contributed by atoms with Crippen molar-refractivity contribution < 1.29 is 13.6 Å². The van der Waals surface area contributed by atoms with Gasteiger partial charge in [-0.15, -0.1) is 11.3 Å². The van der Waals surface area contributed by atoms with E-state index < -0.39 is 11.6 Å². The molecular weight excluding hydrogens is 420 g/mol. The number of aromatic nitrogens is 4. The Morgan fingerprint density at radius 3 is 2.74 bits per heavy atom. The molecule has 3 heterocycles. The van der Waals surface area contributed by atoms with Crippen molar-refractivity contribution in [3.8, 4) is 16.9 Å². The molecule has 3 aromatic heterocycles. The van der Waals surface area contributed by atoms with Crippen molar-refractivity contribution in [2.24, 2.45) is 0 Å². The average molecular weight is 439 g/mol. The second-order valence-corrected chi connectivity index (χ2v) is 7.95. The zero-order valence-electron chi connectivity index (χ0n) is 17.1. The molecule has 6 nitrogen and oxygen atoms in total. The third-order valence-electron chi connectivity index (χ3n) is 4.85. The van der Waals surface area contributed by atoms with E-state index in [1.165, 1.54) is 22.1 Å². The summed E-state index contributed by atoms with van der Waals surface area (Å²) in [5.41, 5.74) is 3.03. The molecule has 9 heteroatoms. The molecular formula is C22H19F2N5OS. The van der Waals surface area contributed by atoms with E-state index in [0.717, 1.165) is 28.4 Å². The van der Waals surface area contributed by atoms with Gasteiger partial charge in [0.05, 0.1) is 28.7 Å². The third kappa shape index (κ3) is 4.09. The molecule has 1 unspecified atom stereocenters. The van der Waals surface area contributed by atoms with Crippen LogP contribution >= 0.6 is 11.3 Å². The Labute approximate surface area is 181 Å². The van der Waals surface area contributed by atoms with Gasteiger partial charge in [0, 0.05) is 29.4 Å². The maximum atomic E-state index is 14.2. The fraction of sp³-hybridized carbons (Fsp3) is 0.182. The minimum atomic E-state index is -0.753. The molecule has 0 spiro atoms. The van der Waals surface area contributed by atoms with Gasteiger partial charge in [-0.05, 0) is 45.0 Å². The van der Waals surface area contributed by atoms with E-state index in [0.29, 0.717) is 17.0 Å². The molecule has 31 heavy (non-hydrogen) atoms. The first-order chi connectivity index (χ1) is 14.8. The number of hydrogen-bond acceptors (Lipinski definition) is 5. The number of amides is 1. The first-order valence-corrected chi connectivity index (χ1v) is 10.4. The summed E-state index contributed by atoms with van der Waals surface area (Å²) in [6.45, 7) is 5.19. The van der Waals surface area contributed by atoms with Crippen LogP contribution in [-0.4, -0.2) is 25.7 Å². The summed E-state index contributed by atoms with van der Waals surface area (Å²) in [6.07, 6.45) is 3.43. The number of aryl methyl sites for hydroxylation is 1. The highest BCUT2D eigenvalue weighted by atomic mass is 32.1. The first kappa shape index (κ1) is 20.8. The van der Waals surface area contributed by atoms with Crippen LogP contribution in [0.2, 0.25) is 0 Å². The molecule has 1 amide bonds. The molecule has 0 saturated carbocycles. The van der Waals surface area contributed by atoms with E-state index in [1.807, 2.05) is 24.4 Å². The SMILES string of the molecule is Cc1nn(-c2ccc(F)cc2F)c(C)c1C(=O)NC(C)c1nc(-c2cccnc2)cs1. The van der Waals surface area contributed by atoms with Crippen molar-refractivity contribution in [3.63, 3.8) is 0 Å². The third-order valence-corrected chi connectivity index (χ3v) is 5.88. The topological polar surface area (TPSA) is 72.7 Å². The fourth-order valence-corrected chi connectivity index (χ4v) is 4.16. The number of carbonyl (C=O) groups is 1. The van der Waals surface area contributed by atoms with Gasteiger partial charge in [-0.1, -0.05) is 0 Å². The summed E-state index contributed by atoms with van der Waals surface area (Å²) in [7, 11) is 0. The fourth-order valence-electron chi connectivity index (χ4n) is 3.32. The summed E-state index contributed by atoms with van der Waals surface area (Å²) in [4.78, 5) is 21.7. The van der Waals surface area contributed by atoms with Crippen LogP contribution in [0.25, 0.3) is 16.9 Å². The molecule has 1 atom stereocenters. The monoisotopic (exact) mass is 439 g/mol. The Bertz CT molecular complexity index is 1250. The Balaban J connectivity index is 1.56. The minimum absolute atomic E-state index is 0.0788. The molecule has 1 N–H and O–H groups in total. The second kappa shape index (κ2) is 8.35. The smallest absolute Gasteiger partial charge is 0.255 e. The molecule has 0 fully saturated rings. The Morgan fingerprint density at radius 1 is 1.23 bits per heavy atom. The number of thiazole rings is 1. The molecule has 0 bridgehead atoms. The van der Waals surface area contributed by atoms with Crippen LogP contribution in [0.4, 0.5) is 8.78 Å². The van der Waals surface area contributed by atoms with Crippen LogP contribution in [0.3, 0.4) is 0 Å². The zero-order chi connectivity index (χ0) is 22.1. The molecule has 0 radical (unpaired) electrons. The van der Waals surface area contributed by atoms with Gasteiger partial charge < -0.3 is 5.32 Å².